The molecular formula is C41H52F5MoN2O-. The van der Waals surface area contributed by atoms with Gasteiger partial charge in [0.05, 0.1) is 0 Å². The summed E-state index contributed by atoms with van der Waals surface area (Å²) in [6.45, 7) is 15.9. The molecule has 274 valence electrons. The van der Waals surface area contributed by atoms with Crippen molar-refractivity contribution in [3.8, 4) is 5.75 Å². The Morgan fingerprint density at radius 3 is 2.10 bits per heavy atom. The number of rotatable bonds is 2. The number of phenols is 1. The van der Waals surface area contributed by atoms with Gasteiger partial charge in [0.25, 0.3) is 0 Å². The molecule has 50 heavy (non-hydrogen) atoms. The van der Waals surface area contributed by atoms with Crippen LogP contribution in [-0.4, -0.2) is 15.7 Å². The maximum atomic E-state index is 14.7. The van der Waals surface area contributed by atoms with Crippen LogP contribution in [0.2, 0.25) is 0 Å². The van der Waals surface area contributed by atoms with E-state index in [1.165, 1.54) is 18.2 Å². The van der Waals surface area contributed by atoms with Gasteiger partial charge in [0.15, 0.2) is 11.6 Å². The Morgan fingerprint density at radius 2 is 1.50 bits per heavy atom. The number of aromatic hydroxyl groups is 1. The average Bonchev–Trinajstić information content (AvgIpc) is 3.45. The van der Waals surface area contributed by atoms with Gasteiger partial charge in [-0.2, -0.15) is 11.4 Å². The molecule has 9 heteroatoms. The predicted octanol–water partition coefficient (Wildman–Crippen LogP) is 12.4. The molecule has 0 saturated heterocycles. The van der Waals surface area contributed by atoms with Crippen LogP contribution in [0.3, 0.4) is 0 Å². The standard InChI is InChI=1S/C21H24F2O.C7H4F3N.C6H8N.C5H10.C2H6.Mo/c1-12-17(22)10-13-6-2-4-8-15(13)19(12)20-16-9-5-3-7-14(16)11-18(23)21(20)24;8-7(9,10)5-3-1-2-4-6(5)11;1-5-3-4-6(2)7-5;1-5(2,3)4;1-2;/h10-12,17,24H,2-9H2,1H3;1-4H;3-4H,1-2H3;1H,2-4H3;1-2H3;/q;;-1;;;. The maximum absolute atomic E-state index is 14.7. The molecule has 0 spiro atoms. The Labute approximate surface area is 303 Å². The minimum Gasteiger partial charge on any atom is -0.665 e. The largest absolute Gasteiger partial charge is 0.665 e. The molecule has 6 rings (SSSR count). The minimum atomic E-state index is -4.32. The van der Waals surface area contributed by atoms with Gasteiger partial charge in [-0.3, -0.25) is 0 Å². The molecule has 0 radical (unpaired) electrons. The normalized spacial score (nSPS) is 18.4. The van der Waals surface area contributed by atoms with Crippen LogP contribution >= 0.6 is 0 Å². The Hall–Kier alpha value is -2.99. The number of nitrogens with zero attached hydrogens (tertiary/aromatic N) is 2. The number of hydrogen-bond acceptors (Lipinski definition) is 2. The van der Waals surface area contributed by atoms with Crippen LogP contribution in [0.25, 0.3) is 5.57 Å². The van der Waals surface area contributed by atoms with E-state index in [0.717, 1.165) is 96.7 Å². The maximum Gasteiger partial charge on any atom is 0.165 e. The van der Waals surface area contributed by atoms with Gasteiger partial charge < -0.3 is 10.1 Å². The van der Waals surface area contributed by atoms with Crippen molar-refractivity contribution in [1.82, 2.24) is 4.98 Å². The van der Waals surface area contributed by atoms with Crippen molar-refractivity contribution >= 4 is 15.7 Å². The van der Waals surface area contributed by atoms with Crippen LogP contribution in [0.4, 0.5) is 27.6 Å². The van der Waals surface area contributed by atoms with Crippen molar-refractivity contribution in [3.05, 3.63) is 99.1 Å². The Balaban J connectivity index is 0.000000226. The molecule has 3 aliphatic rings. The first-order valence-corrected chi connectivity index (χ1v) is 19.7. The van der Waals surface area contributed by atoms with Gasteiger partial charge in [0, 0.05) is 11.5 Å². The van der Waals surface area contributed by atoms with Gasteiger partial charge in [0.2, 0.25) is 0 Å². The molecule has 1 heterocycles. The van der Waals surface area contributed by atoms with Crippen molar-refractivity contribution in [3.63, 3.8) is 0 Å². The zero-order chi connectivity index (χ0) is 37.2. The summed E-state index contributed by atoms with van der Waals surface area (Å²) in [6, 6.07) is 11.0. The molecule has 3 nitrogen and oxygen atoms in total. The van der Waals surface area contributed by atoms with Crippen LogP contribution < -0.4 is 4.98 Å². The van der Waals surface area contributed by atoms with Gasteiger partial charge >= 0.3 is 107 Å². The van der Waals surface area contributed by atoms with E-state index in [0.29, 0.717) is 5.56 Å². The first kappa shape index (κ1) is 41.4. The molecule has 1 aromatic heterocycles. The molecule has 2 aromatic carbocycles. The number of fused-ring (bicyclic) bond motifs is 2. The number of benzene rings is 2. The van der Waals surface area contributed by atoms with Crippen LogP contribution in [-0.2, 0) is 36.9 Å². The SMILES string of the molecule is CC.CC(C)(C)[CH]=[Mo]=[N]c1ccccc1C(F)(F)F.CC1C(c2c(O)c(F)cc3c2CCCC3)=C2CCCCC2=CC1F.Cc1ccc(C)[n-]1. The fourth-order valence-corrected chi connectivity index (χ4v) is 7.92. The van der Waals surface area contributed by atoms with Crippen molar-refractivity contribution in [1.29, 1.82) is 0 Å². The molecule has 0 bridgehead atoms. The monoisotopic (exact) mass is 781 g/mol. The fourth-order valence-electron chi connectivity index (χ4n) is 6.34. The van der Waals surface area contributed by atoms with Crippen LogP contribution in [0.1, 0.15) is 114 Å². The number of aromatic nitrogens is 1. The van der Waals surface area contributed by atoms with E-state index in [-0.39, 0.29) is 22.8 Å². The summed E-state index contributed by atoms with van der Waals surface area (Å²) >= 11 is -0.890. The third-order valence-corrected chi connectivity index (χ3v) is 11.4. The third-order valence-electron chi connectivity index (χ3n) is 8.66. The van der Waals surface area contributed by atoms with Crippen molar-refractivity contribution in [2.24, 2.45) is 14.8 Å². The molecule has 1 N–H and O–H groups in total. The van der Waals surface area contributed by atoms with E-state index >= 15 is 0 Å². The second kappa shape index (κ2) is 18.5. The average molecular weight is 780 g/mol. The first-order chi connectivity index (χ1) is 23.6. The summed E-state index contributed by atoms with van der Waals surface area (Å²) in [5, 5.41) is 10.5. The van der Waals surface area contributed by atoms with Crippen LogP contribution in [0.15, 0.2) is 63.2 Å². The van der Waals surface area contributed by atoms with E-state index in [1.807, 2.05) is 71.9 Å². The Kier molecular flexibility index (Phi) is 15.3. The van der Waals surface area contributed by atoms with Gasteiger partial charge in [-0.15, -0.1) is 0 Å². The van der Waals surface area contributed by atoms with Gasteiger partial charge in [-0.1, -0.05) is 46.8 Å². The molecule has 3 aliphatic carbocycles. The van der Waals surface area contributed by atoms with Crippen LogP contribution in [0, 0.1) is 31.0 Å². The summed E-state index contributed by atoms with van der Waals surface area (Å²) in [6.07, 6.45) is 4.12. The van der Waals surface area contributed by atoms with E-state index in [2.05, 4.69) is 8.48 Å². The third kappa shape index (κ3) is 11.3. The van der Waals surface area contributed by atoms with E-state index in [4.69, 9.17) is 0 Å². The first-order valence-electron chi connectivity index (χ1n) is 17.6. The topological polar surface area (TPSA) is 46.7 Å². The summed E-state index contributed by atoms with van der Waals surface area (Å²) < 4.78 is 73.1. The Morgan fingerprint density at radius 1 is 0.900 bits per heavy atom. The summed E-state index contributed by atoms with van der Waals surface area (Å²) in [5.41, 5.74) is 7.41. The Bertz CT molecular complexity index is 1700. The number of alkyl halides is 4. The number of phenolic OH excluding ortho intramolecular Hbond substituents is 1. The summed E-state index contributed by atoms with van der Waals surface area (Å²) in [5.74, 6) is -1.17. The quantitative estimate of drug-likeness (QED) is 0.208. The second-order valence-corrected chi connectivity index (χ2v) is 15.4. The predicted molar refractivity (Wildman–Crippen MR) is 192 cm³/mol. The number of allylic oxidation sites excluding steroid dienone is 4. The van der Waals surface area contributed by atoms with Crippen LogP contribution in [0.5, 0.6) is 5.75 Å². The van der Waals surface area contributed by atoms with Gasteiger partial charge in [-0.05, 0) is 91.4 Å². The number of aryl methyl sites for hydroxylation is 3. The van der Waals surface area contributed by atoms with Gasteiger partial charge in [-0.25, -0.2) is 8.78 Å². The van der Waals surface area contributed by atoms with E-state index < -0.39 is 41.6 Å². The summed E-state index contributed by atoms with van der Waals surface area (Å²) in [7, 11) is 0. The van der Waals surface area contributed by atoms with Crippen molar-refractivity contribution in [2.75, 3.05) is 0 Å². The van der Waals surface area contributed by atoms with E-state index in [1.54, 1.807) is 12.1 Å². The van der Waals surface area contributed by atoms with Crippen molar-refractivity contribution < 1.29 is 45.0 Å². The minimum absolute atomic E-state index is 0.0128. The summed E-state index contributed by atoms with van der Waals surface area (Å²) in [4.78, 5) is 4.11. The second-order valence-electron chi connectivity index (χ2n) is 13.9. The molecule has 2 unspecified atom stereocenters. The fraction of sp³-hybridized carbons (Fsp3) is 0.488. The number of hydrogen-bond donors (Lipinski definition) is 1. The molecule has 0 aliphatic heterocycles. The molecule has 1 fully saturated rings. The molecule has 0 amide bonds. The van der Waals surface area contributed by atoms with E-state index in [9.17, 15) is 27.1 Å². The zero-order valence-corrected chi connectivity index (χ0v) is 32.7. The number of halogens is 5. The molecule has 3 aromatic rings. The molecule has 1 saturated carbocycles. The van der Waals surface area contributed by atoms with Gasteiger partial charge in [0.1, 0.15) is 6.17 Å². The molecular weight excluding hydrogens is 727 g/mol. The zero-order valence-electron chi connectivity index (χ0n) is 30.6. The van der Waals surface area contributed by atoms with Crippen molar-refractivity contribution in [2.45, 2.75) is 119 Å². The smallest absolute Gasteiger partial charge is 0.165 e. The molecule has 2 atom stereocenters.